The lowest BCUT2D eigenvalue weighted by atomic mass is 10.3. The molecule has 0 fully saturated rings. The molecular formula is C10H18O3. The minimum atomic E-state index is -0.612. The maximum Gasteiger partial charge on any atom is 0.308 e. The maximum atomic E-state index is 10.9. The standard InChI is InChI=1S/C10H18O3/c1-3-4-5-6-7-13-10(12)8-9(2)11/h4-5,9,11H,3,6-8H2,1-2H3/b5-4-/t9-/m1/s1. The molecule has 76 valence electrons. The molecule has 0 unspecified atom stereocenters. The molecule has 3 heteroatoms. The van der Waals surface area contributed by atoms with Crippen molar-refractivity contribution in [1.82, 2.24) is 0 Å². The molecule has 0 aromatic carbocycles. The minimum Gasteiger partial charge on any atom is -0.465 e. The molecule has 0 spiro atoms. The molecule has 0 aliphatic carbocycles. The Hall–Kier alpha value is -0.830. The second-order valence-electron chi connectivity index (χ2n) is 2.94. The average molecular weight is 186 g/mol. The van der Waals surface area contributed by atoms with E-state index in [0.29, 0.717) is 6.61 Å². The van der Waals surface area contributed by atoms with Gasteiger partial charge in [0.1, 0.15) is 0 Å². The number of hydrogen-bond acceptors (Lipinski definition) is 3. The molecule has 0 aliphatic rings. The zero-order valence-electron chi connectivity index (χ0n) is 8.32. The average Bonchev–Trinajstić information content (AvgIpc) is 2.02. The molecular weight excluding hydrogens is 168 g/mol. The SMILES string of the molecule is CC/C=C\CCOC(=O)C[C@@H](C)O. The Morgan fingerprint density at radius 3 is 2.77 bits per heavy atom. The van der Waals surface area contributed by atoms with Crippen LogP contribution < -0.4 is 0 Å². The molecule has 0 aliphatic heterocycles. The summed E-state index contributed by atoms with van der Waals surface area (Å²) in [4.78, 5) is 10.9. The van der Waals surface area contributed by atoms with Gasteiger partial charge in [0.25, 0.3) is 0 Å². The minimum absolute atomic E-state index is 0.0808. The summed E-state index contributed by atoms with van der Waals surface area (Å²) in [6, 6.07) is 0. The van der Waals surface area contributed by atoms with Crippen molar-refractivity contribution >= 4 is 5.97 Å². The highest BCUT2D eigenvalue weighted by Gasteiger charge is 2.05. The van der Waals surface area contributed by atoms with Crippen molar-refractivity contribution < 1.29 is 14.6 Å². The van der Waals surface area contributed by atoms with Crippen LogP contribution in [0.3, 0.4) is 0 Å². The van der Waals surface area contributed by atoms with Crippen LogP contribution in [0.5, 0.6) is 0 Å². The fourth-order valence-electron chi connectivity index (χ4n) is 0.825. The van der Waals surface area contributed by atoms with E-state index in [-0.39, 0.29) is 12.4 Å². The molecule has 0 saturated heterocycles. The smallest absolute Gasteiger partial charge is 0.308 e. The third-order valence-electron chi connectivity index (χ3n) is 1.41. The number of carbonyl (C=O) groups excluding carboxylic acids is 1. The van der Waals surface area contributed by atoms with E-state index in [0.717, 1.165) is 12.8 Å². The number of aliphatic hydroxyl groups excluding tert-OH is 1. The highest BCUT2D eigenvalue weighted by Crippen LogP contribution is 1.95. The van der Waals surface area contributed by atoms with E-state index in [1.807, 2.05) is 12.2 Å². The Kier molecular flexibility index (Phi) is 7.30. The van der Waals surface area contributed by atoms with Gasteiger partial charge >= 0.3 is 5.97 Å². The van der Waals surface area contributed by atoms with E-state index in [2.05, 4.69) is 6.92 Å². The molecule has 0 heterocycles. The monoisotopic (exact) mass is 186 g/mol. The Bertz CT molecular complexity index is 162. The van der Waals surface area contributed by atoms with Crippen molar-refractivity contribution in [2.75, 3.05) is 6.61 Å². The van der Waals surface area contributed by atoms with Crippen LogP contribution in [0.1, 0.15) is 33.1 Å². The first-order chi connectivity index (χ1) is 6.16. The van der Waals surface area contributed by atoms with Gasteiger partial charge in [0.2, 0.25) is 0 Å². The summed E-state index contributed by atoms with van der Waals surface area (Å²) in [5.74, 6) is -0.333. The van der Waals surface area contributed by atoms with Gasteiger partial charge in [-0.25, -0.2) is 0 Å². The van der Waals surface area contributed by atoms with Gasteiger partial charge in [-0.05, 0) is 19.8 Å². The number of allylic oxidation sites excluding steroid dienone is 1. The Morgan fingerprint density at radius 1 is 1.54 bits per heavy atom. The molecule has 3 nitrogen and oxygen atoms in total. The number of rotatable bonds is 6. The van der Waals surface area contributed by atoms with E-state index in [4.69, 9.17) is 9.84 Å². The predicted molar refractivity (Wildman–Crippen MR) is 51.3 cm³/mol. The van der Waals surface area contributed by atoms with Crippen molar-refractivity contribution in [2.24, 2.45) is 0 Å². The van der Waals surface area contributed by atoms with Gasteiger partial charge in [0, 0.05) is 0 Å². The van der Waals surface area contributed by atoms with Gasteiger partial charge in [0.15, 0.2) is 0 Å². The summed E-state index contributed by atoms with van der Waals surface area (Å²) in [6.45, 7) is 4.02. The lowest BCUT2D eigenvalue weighted by Gasteiger charge is -2.04. The summed E-state index contributed by atoms with van der Waals surface area (Å²) in [5, 5.41) is 8.85. The molecule has 0 radical (unpaired) electrons. The van der Waals surface area contributed by atoms with E-state index < -0.39 is 6.10 Å². The number of hydrogen-bond donors (Lipinski definition) is 1. The summed E-state index contributed by atoms with van der Waals surface area (Å²) in [7, 11) is 0. The summed E-state index contributed by atoms with van der Waals surface area (Å²) >= 11 is 0. The van der Waals surface area contributed by atoms with Crippen molar-refractivity contribution in [3.63, 3.8) is 0 Å². The highest BCUT2D eigenvalue weighted by atomic mass is 16.5. The zero-order chi connectivity index (χ0) is 10.1. The first-order valence-electron chi connectivity index (χ1n) is 4.65. The number of esters is 1. The molecule has 0 bridgehead atoms. The van der Waals surface area contributed by atoms with Crippen molar-refractivity contribution in [2.45, 2.75) is 39.2 Å². The molecule has 0 saturated carbocycles. The summed E-state index contributed by atoms with van der Waals surface area (Å²) in [6.07, 6.45) is 5.23. The van der Waals surface area contributed by atoms with Crippen LogP contribution in [0.15, 0.2) is 12.2 Å². The molecule has 0 aromatic rings. The van der Waals surface area contributed by atoms with Crippen molar-refractivity contribution in [3.05, 3.63) is 12.2 Å². The second-order valence-corrected chi connectivity index (χ2v) is 2.94. The van der Waals surface area contributed by atoms with Crippen LogP contribution in [0.2, 0.25) is 0 Å². The number of ether oxygens (including phenoxy) is 1. The fraction of sp³-hybridized carbons (Fsp3) is 0.700. The lowest BCUT2D eigenvalue weighted by molar-refractivity contribution is -0.145. The zero-order valence-corrected chi connectivity index (χ0v) is 8.32. The van der Waals surface area contributed by atoms with Crippen molar-refractivity contribution in [1.29, 1.82) is 0 Å². The Labute approximate surface area is 79.4 Å². The summed E-state index contributed by atoms with van der Waals surface area (Å²) in [5.41, 5.74) is 0. The van der Waals surface area contributed by atoms with Crippen LogP contribution in [-0.2, 0) is 9.53 Å². The maximum absolute atomic E-state index is 10.9. The first kappa shape index (κ1) is 12.2. The van der Waals surface area contributed by atoms with E-state index in [1.54, 1.807) is 6.92 Å². The third kappa shape index (κ3) is 9.08. The first-order valence-corrected chi connectivity index (χ1v) is 4.65. The van der Waals surface area contributed by atoms with Crippen LogP contribution in [0.25, 0.3) is 0 Å². The topological polar surface area (TPSA) is 46.5 Å². The van der Waals surface area contributed by atoms with Gasteiger partial charge in [-0.3, -0.25) is 4.79 Å². The third-order valence-corrected chi connectivity index (χ3v) is 1.41. The largest absolute Gasteiger partial charge is 0.465 e. The number of aliphatic hydroxyl groups is 1. The molecule has 0 amide bonds. The lowest BCUT2D eigenvalue weighted by Crippen LogP contribution is -2.12. The molecule has 1 atom stereocenters. The van der Waals surface area contributed by atoms with Gasteiger partial charge < -0.3 is 9.84 Å². The molecule has 13 heavy (non-hydrogen) atoms. The number of carbonyl (C=O) groups is 1. The van der Waals surface area contributed by atoms with E-state index >= 15 is 0 Å². The van der Waals surface area contributed by atoms with E-state index in [1.165, 1.54) is 0 Å². The molecule has 0 rings (SSSR count). The van der Waals surface area contributed by atoms with Gasteiger partial charge in [0.05, 0.1) is 19.1 Å². The van der Waals surface area contributed by atoms with Crippen molar-refractivity contribution in [3.8, 4) is 0 Å². The fourth-order valence-corrected chi connectivity index (χ4v) is 0.825. The second kappa shape index (κ2) is 7.80. The summed E-state index contributed by atoms with van der Waals surface area (Å²) < 4.78 is 4.85. The normalized spacial score (nSPS) is 13.2. The molecule has 1 N–H and O–H groups in total. The van der Waals surface area contributed by atoms with Crippen LogP contribution in [-0.4, -0.2) is 23.8 Å². The van der Waals surface area contributed by atoms with Gasteiger partial charge in [-0.2, -0.15) is 0 Å². The Morgan fingerprint density at radius 2 is 2.23 bits per heavy atom. The predicted octanol–water partition coefficient (Wildman–Crippen LogP) is 1.66. The quantitative estimate of drug-likeness (QED) is 0.390. The van der Waals surface area contributed by atoms with E-state index in [9.17, 15) is 4.79 Å². The van der Waals surface area contributed by atoms with Crippen LogP contribution in [0.4, 0.5) is 0 Å². The highest BCUT2D eigenvalue weighted by molar-refractivity contribution is 5.69. The Balaban J connectivity index is 3.32. The van der Waals surface area contributed by atoms with Gasteiger partial charge in [-0.1, -0.05) is 19.1 Å². The van der Waals surface area contributed by atoms with Crippen LogP contribution in [0, 0.1) is 0 Å². The molecule has 0 aromatic heterocycles. The van der Waals surface area contributed by atoms with Gasteiger partial charge in [-0.15, -0.1) is 0 Å². The van der Waals surface area contributed by atoms with Crippen LogP contribution >= 0.6 is 0 Å².